The lowest BCUT2D eigenvalue weighted by atomic mass is 9.97. The molecule has 0 unspecified atom stereocenters. The maximum atomic E-state index is 15.2. The number of hydrazine groups is 1. The summed E-state index contributed by atoms with van der Waals surface area (Å²) in [4.78, 5) is 57.3. The van der Waals surface area contributed by atoms with Crippen LogP contribution in [0.15, 0.2) is 73.3 Å². The Balaban J connectivity index is 1.14. The molecule has 0 radical (unpaired) electrons. The molecule has 2 atom stereocenters. The summed E-state index contributed by atoms with van der Waals surface area (Å²) in [7, 11) is 0. The molecule has 4 fully saturated rings. The molecular weight excluding hydrogens is 708 g/mol. The SMILES string of the molecule is C=CCN1CC(=O)N2[C@@H](Cc3c(F)cc(O)cc3F)C(=O)N(Cc3cccc(N4CC(N5CCN(C(C)C)CC5)C4)n3)C[C@@H]2N1C(=O)NCc1ccccc1. The largest absolute Gasteiger partial charge is 0.508 e. The van der Waals surface area contributed by atoms with E-state index in [1.165, 1.54) is 14.8 Å². The van der Waals surface area contributed by atoms with Crippen LogP contribution in [0.4, 0.5) is 19.4 Å². The molecule has 0 bridgehead atoms. The normalized spacial score (nSPS) is 21.5. The number of aromatic hydroxyl groups is 1. The van der Waals surface area contributed by atoms with E-state index in [4.69, 9.17) is 4.98 Å². The summed E-state index contributed by atoms with van der Waals surface area (Å²) in [5.41, 5.74) is 1.01. The predicted octanol–water partition coefficient (Wildman–Crippen LogP) is 3.02. The van der Waals surface area contributed by atoms with E-state index >= 15 is 8.78 Å². The number of phenols is 1. The average molecular weight is 758 g/mol. The van der Waals surface area contributed by atoms with Gasteiger partial charge in [0.2, 0.25) is 11.8 Å². The molecule has 4 saturated heterocycles. The lowest BCUT2D eigenvalue weighted by molar-refractivity contribution is -0.189. The molecule has 15 heteroatoms. The van der Waals surface area contributed by atoms with Crippen molar-refractivity contribution in [1.29, 1.82) is 0 Å². The number of benzene rings is 2. The number of piperazine rings is 2. The summed E-state index contributed by atoms with van der Waals surface area (Å²) in [5.74, 6) is -2.91. The number of urea groups is 1. The van der Waals surface area contributed by atoms with E-state index < -0.39 is 59.4 Å². The monoisotopic (exact) mass is 757 g/mol. The topological polar surface area (TPSA) is 119 Å². The fourth-order valence-corrected chi connectivity index (χ4v) is 8.10. The quantitative estimate of drug-likeness (QED) is 0.285. The van der Waals surface area contributed by atoms with Gasteiger partial charge >= 0.3 is 6.03 Å². The zero-order valence-corrected chi connectivity index (χ0v) is 31.4. The fraction of sp³-hybridized carbons (Fsp3) is 0.450. The van der Waals surface area contributed by atoms with E-state index in [0.29, 0.717) is 17.8 Å². The zero-order chi connectivity index (χ0) is 38.8. The number of carbonyl (C=O) groups is 3. The summed E-state index contributed by atoms with van der Waals surface area (Å²) in [5, 5.41) is 15.7. The highest BCUT2D eigenvalue weighted by Gasteiger charge is 2.51. The number of anilines is 1. The molecule has 2 aromatic carbocycles. The lowest BCUT2D eigenvalue weighted by Gasteiger charge is -2.55. The first-order valence-corrected chi connectivity index (χ1v) is 18.9. The molecular formula is C40H49F2N9O4. The Labute approximate surface area is 320 Å². The first-order valence-electron chi connectivity index (χ1n) is 18.9. The van der Waals surface area contributed by atoms with Gasteiger partial charge in [-0.2, -0.15) is 0 Å². The second kappa shape index (κ2) is 16.3. The molecule has 7 rings (SSSR count). The number of halogens is 2. The minimum Gasteiger partial charge on any atom is -0.508 e. The third kappa shape index (κ3) is 8.14. The van der Waals surface area contributed by atoms with Gasteiger partial charge in [0.15, 0.2) is 0 Å². The van der Waals surface area contributed by atoms with Crippen molar-refractivity contribution < 1.29 is 28.3 Å². The van der Waals surface area contributed by atoms with Gasteiger partial charge in [-0.05, 0) is 31.5 Å². The predicted molar refractivity (Wildman–Crippen MR) is 202 cm³/mol. The van der Waals surface area contributed by atoms with Gasteiger partial charge < -0.3 is 25.1 Å². The smallest absolute Gasteiger partial charge is 0.334 e. The number of amides is 4. The van der Waals surface area contributed by atoms with Gasteiger partial charge in [0.05, 0.1) is 25.3 Å². The first kappa shape index (κ1) is 38.2. The van der Waals surface area contributed by atoms with Crippen molar-refractivity contribution in [1.82, 2.24) is 39.9 Å². The third-order valence-electron chi connectivity index (χ3n) is 11.1. The van der Waals surface area contributed by atoms with Crippen molar-refractivity contribution >= 4 is 23.7 Å². The van der Waals surface area contributed by atoms with Gasteiger partial charge in [-0.1, -0.05) is 42.5 Å². The Morgan fingerprint density at radius 3 is 2.38 bits per heavy atom. The minimum atomic E-state index is -1.36. The number of aromatic nitrogens is 1. The zero-order valence-electron chi connectivity index (χ0n) is 31.4. The number of hydrogen-bond acceptors (Lipinski definition) is 9. The number of pyridine rings is 1. The van der Waals surface area contributed by atoms with E-state index in [-0.39, 0.29) is 32.7 Å². The van der Waals surface area contributed by atoms with Crippen LogP contribution < -0.4 is 10.2 Å². The van der Waals surface area contributed by atoms with Crippen LogP contribution in [0.3, 0.4) is 0 Å². The third-order valence-corrected chi connectivity index (χ3v) is 11.1. The molecule has 2 N–H and O–H groups in total. The number of hydrogen-bond donors (Lipinski definition) is 2. The summed E-state index contributed by atoms with van der Waals surface area (Å²) in [6.07, 6.45) is 0.0508. The number of rotatable bonds is 11. The van der Waals surface area contributed by atoms with Crippen LogP contribution >= 0.6 is 0 Å². The minimum absolute atomic E-state index is 0.0393. The van der Waals surface area contributed by atoms with E-state index in [9.17, 15) is 19.5 Å². The fourth-order valence-electron chi connectivity index (χ4n) is 8.10. The molecule has 0 saturated carbocycles. The van der Waals surface area contributed by atoms with E-state index in [0.717, 1.165) is 62.8 Å². The molecule has 0 aliphatic carbocycles. The Morgan fingerprint density at radius 2 is 1.71 bits per heavy atom. The van der Waals surface area contributed by atoms with Gasteiger partial charge in [-0.3, -0.25) is 19.4 Å². The second-order valence-corrected chi connectivity index (χ2v) is 14.9. The molecule has 292 valence electrons. The number of nitrogens with zero attached hydrogens (tertiary/aromatic N) is 8. The highest BCUT2D eigenvalue weighted by atomic mass is 19.1. The van der Waals surface area contributed by atoms with Gasteiger partial charge in [0.1, 0.15) is 35.4 Å². The van der Waals surface area contributed by atoms with Crippen LogP contribution in [0.25, 0.3) is 0 Å². The van der Waals surface area contributed by atoms with Gasteiger partial charge in [-0.15, -0.1) is 6.58 Å². The molecule has 3 aromatic rings. The summed E-state index contributed by atoms with van der Waals surface area (Å²) in [6.45, 7) is 14.2. The number of fused-ring (bicyclic) bond motifs is 1. The van der Waals surface area contributed by atoms with Crippen molar-refractivity contribution in [3.63, 3.8) is 0 Å². The molecule has 4 aliphatic rings. The van der Waals surface area contributed by atoms with Crippen LogP contribution in [-0.2, 0) is 29.1 Å². The van der Waals surface area contributed by atoms with E-state index in [2.05, 4.69) is 40.4 Å². The van der Waals surface area contributed by atoms with Crippen LogP contribution in [0, 0.1) is 11.6 Å². The second-order valence-electron chi connectivity index (χ2n) is 14.9. The van der Waals surface area contributed by atoms with Gasteiger partial charge in [0.25, 0.3) is 0 Å². The summed E-state index contributed by atoms with van der Waals surface area (Å²) >= 11 is 0. The van der Waals surface area contributed by atoms with Crippen LogP contribution in [0.2, 0.25) is 0 Å². The molecule has 55 heavy (non-hydrogen) atoms. The molecule has 1 aromatic heterocycles. The number of nitrogens with one attached hydrogen (secondary N) is 1. The van der Waals surface area contributed by atoms with Crippen molar-refractivity contribution in [3.05, 3.63) is 102 Å². The summed E-state index contributed by atoms with van der Waals surface area (Å²) < 4.78 is 30.4. The van der Waals surface area contributed by atoms with Gasteiger partial charge in [0, 0.05) is 88.6 Å². The Kier molecular flexibility index (Phi) is 11.3. The Bertz CT molecular complexity index is 1860. The lowest BCUT2D eigenvalue weighted by Crippen LogP contribution is -2.76. The number of carbonyl (C=O) groups excluding carboxylic acids is 3. The molecule has 4 amide bonds. The van der Waals surface area contributed by atoms with Crippen molar-refractivity contribution in [2.24, 2.45) is 0 Å². The van der Waals surface area contributed by atoms with E-state index in [1.54, 1.807) is 11.1 Å². The number of phenolic OH excluding ortho intramolecular Hbond substituents is 1. The van der Waals surface area contributed by atoms with Crippen LogP contribution in [0.5, 0.6) is 5.75 Å². The molecule has 0 spiro atoms. The van der Waals surface area contributed by atoms with Crippen molar-refractivity contribution in [2.45, 2.75) is 57.6 Å². The Hall–Kier alpha value is -5.12. The van der Waals surface area contributed by atoms with Crippen molar-refractivity contribution in [2.75, 3.05) is 63.8 Å². The summed E-state index contributed by atoms with van der Waals surface area (Å²) in [6, 6.07) is 15.7. The maximum absolute atomic E-state index is 15.2. The maximum Gasteiger partial charge on any atom is 0.334 e. The highest BCUT2D eigenvalue weighted by molar-refractivity contribution is 5.91. The standard InChI is InChI=1S/C40H49F2N9O4/c1-4-13-49-26-38(53)50-35(20-32-33(41)18-31(52)19-34(32)42)39(54)48(25-37(50)51(49)40(55)43-21-28-9-6-5-7-10-28)22-29-11-8-12-36(44-29)47-23-30(24-47)46-16-14-45(15-17-46)27(2)3/h4-12,18-19,27,30,35,37,52H,1,13-17,20-26H2,2-3H3,(H,43,55)/t35-,37-/m0/s1. The first-order chi connectivity index (χ1) is 26.5. The van der Waals surface area contributed by atoms with Crippen LogP contribution in [0.1, 0.15) is 30.7 Å². The van der Waals surface area contributed by atoms with Crippen molar-refractivity contribution in [3.8, 4) is 5.75 Å². The van der Waals surface area contributed by atoms with Gasteiger partial charge in [-0.25, -0.2) is 28.6 Å². The molecule has 13 nitrogen and oxygen atoms in total. The molecule has 5 heterocycles. The molecule has 4 aliphatic heterocycles. The van der Waals surface area contributed by atoms with Crippen LogP contribution in [-0.4, -0.2) is 141 Å². The Morgan fingerprint density at radius 1 is 1.00 bits per heavy atom. The average Bonchev–Trinajstić information content (AvgIpc) is 3.14. The van der Waals surface area contributed by atoms with E-state index in [1.807, 2.05) is 48.5 Å². The highest BCUT2D eigenvalue weighted by Crippen LogP contribution is 2.32.